The van der Waals surface area contributed by atoms with E-state index in [1.54, 1.807) is 24.5 Å². The van der Waals surface area contributed by atoms with Crippen molar-refractivity contribution in [1.82, 2.24) is 34.7 Å². The largest absolute Gasteiger partial charge is 0.387 e. The van der Waals surface area contributed by atoms with E-state index in [0.717, 1.165) is 0 Å². The predicted molar refractivity (Wildman–Crippen MR) is 133 cm³/mol. The quantitative estimate of drug-likeness (QED) is 0.302. The third-order valence-corrected chi connectivity index (χ3v) is 6.48. The summed E-state index contributed by atoms with van der Waals surface area (Å²) >= 11 is 6.00. The summed E-state index contributed by atoms with van der Waals surface area (Å²) in [7, 11) is 0. The molecular weight excluding hydrogens is 525 g/mol. The topological polar surface area (TPSA) is 122 Å². The Balaban J connectivity index is 1.45. The van der Waals surface area contributed by atoms with Crippen LogP contribution < -0.4 is 10.6 Å². The van der Waals surface area contributed by atoms with E-state index in [0.29, 0.717) is 33.4 Å². The van der Waals surface area contributed by atoms with Crippen LogP contribution in [-0.4, -0.2) is 64.6 Å². The molecule has 4 aromatic rings. The number of imidazole rings is 1. The maximum atomic E-state index is 14.2. The van der Waals surface area contributed by atoms with Gasteiger partial charge in [0.15, 0.2) is 5.65 Å². The molecule has 4 heterocycles. The van der Waals surface area contributed by atoms with E-state index in [9.17, 15) is 23.1 Å². The highest BCUT2D eigenvalue weighted by molar-refractivity contribution is 6.30. The zero-order valence-electron chi connectivity index (χ0n) is 20.4. The maximum absolute atomic E-state index is 14.2. The van der Waals surface area contributed by atoms with Gasteiger partial charge in [-0.1, -0.05) is 11.6 Å². The first kappa shape index (κ1) is 25.9. The number of anilines is 2. The molecule has 1 saturated carbocycles. The number of hydrogen-bond donors (Lipinski definition) is 3. The van der Waals surface area contributed by atoms with Crippen LogP contribution in [0.15, 0.2) is 43.1 Å². The lowest BCUT2D eigenvalue weighted by Gasteiger charge is -2.34. The molecule has 0 spiro atoms. The number of fused-ring (bicyclic) bond motifs is 1. The number of nitrogens with zero attached hydrogens (tertiary/aromatic N) is 6. The predicted octanol–water partition coefficient (Wildman–Crippen LogP) is 4.19. The number of rotatable bonds is 8. The molecular formula is C24H24ClF3N8O2. The Morgan fingerprint density at radius 3 is 2.68 bits per heavy atom. The van der Waals surface area contributed by atoms with Crippen molar-refractivity contribution in [2.75, 3.05) is 11.9 Å². The number of amides is 1. The summed E-state index contributed by atoms with van der Waals surface area (Å²) < 4.78 is 43.9. The molecule has 1 fully saturated rings. The molecule has 1 aliphatic rings. The van der Waals surface area contributed by atoms with Gasteiger partial charge in [-0.2, -0.15) is 10.2 Å². The number of aliphatic hydroxyl groups is 1. The Morgan fingerprint density at radius 1 is 1.21 bits per heavy atom. The van der Waals surface area contributed by atoms with E-state index < -0.39 is 36.2 Å². The molecule has 1 atom stereocenters. The van der Waals surface area contributed by atoms with Gasteiger partial charge >= 0.3 is 0 Å². The number of halogens is 4. The zero-order chi connectivity index (χ0) is 27.2. The molecule has 0 aliphatic heterocycles. The lowest BCUT2D eigenvalue weighted by atomic mass is 9.88. The number of nitrogens with one attached hydrogen (secondary N) is 2. The lowest BCUT2D eigenvalue weighted by molar-refractivity contribution is -0.106. The second kappa shape index (κ2) is 9.55. The van der Waals surface area contributed by atoms with Crippen LogP contribution in [0.25, 0.3) is 17.0 Å². The van der Waals surface area contributed by atoms with Gasteiger partial charge in [0.05, 0.1) is 64.4 Å². The van der Waals surface area contributed by atoms with Gasteiger partial charge in [0.1, 0.15) is 11.9 Å². The summed E-state index contributed by atoms with van der Waals surface area (Å²) in [5.41, 5.74) is 0.627. The third-order valence-electron chi connectivity index (χ3n) is 6.27. The van der Waals surface area contributed by atoms with Crippen LogP contribution in [0.5, 0.6) is 0 Å². The number of carbonyl (C=O) groups excluding carboxylic acids is 1. The lowest BCUT2D eigenvalue weighted by Crippen LogP contribution is -2.42. The zero-order valence-corrected chi connectivity index (χ0v) is 21.1. The first-order valence-electron chi connectivity index (χ1n) is 11.7. The van der Waals surface area contributed by atoms with Crippen LogP contribution in [0.4, 0.5) is 24.5 Å². The number of pyridine rings is 1. The van der Waals surface area contributed by atoms with Gasteiger partial charge in [-0.25, -0.2) is 22.7 Å². The van der Waals surface area contributed by atoms with Crippen molar-refractivity contribution in [2.24, 2.45) is 0 Å². The summed E-state index contributed by atoms with van der Waals surface area (Å²) in [4.78, 5) is 21.7. The van der Waals surface area contributed by atoms with Crippen LogP contribution >= 0.6 is 11.6 Å². The minimum absolute atomic E-state index is 0.0875. The second-order valence-corrected chi connectivity index (χ2v) is 10.2. The number of alkyl halides is 3. The minimum atomic E-state index is -2.70. The van der Waals surface area contributed by atoms with Crippen molar-refractivity contribution in [3.05, 3.63) is 53.7 Å². The molecule has 0 aromatic carbocycles. The summed E-state index contributed by atoms with van der Waals surface area (Å²) in [6.45, 7) is 2.19. The van der Waals surface area contributed by atoms with E-state index in [1.807, 2.05) is 0 Å². The number of hydrogen-bond acceptors (Lipinski definition) is 7. The highest BCUT2D eigenvalue weighted by atomic mass is 35.5. The van der Waals surface area contributed by atoms with E-state index in [4.69, 9.17) is 11.6 Å². The molecule has 0 unspecified atom stereocenters. The average Bonchev–Trinajstić information content (AvgIpc) is 3.46. The van der Waals surface area contributed by atoms with Gasteiger partial charge < -0.3 is 15.7 Å². The first-order valence-corrected chi connectivity index (χ1v) is 12.1. The fourth-order valence-electron chi connectivity index (χ4n) is 4.01. The molecule has 4 aromatic heterocycles. The van der Waals surface area contributed by atoms with Gasteiger partial charge in [0.2, 0.25) is 0 Å². The van der Waals surface area contributed by atoms with Gasteiger partial charge in [-0.15, -0.1) is 0 Å². The monoisotopic (exact) mass is 548 g/mol. The summed E-state index contributed by atoms with van der Waals surface area (Å²) in [5.74, 6) is -3.33. The fourth-order valence-corrected chi connectivity index (χ4v) is 4.15. The summed E-state index contributed by atoms with van der Waals surface area (Å²) in [5, 5.41) is 24.2. The van der Waals surface area contributed by atoms with Gasteiger partial charge in [0.25, 0.3) is 11.8 Å². The van der Waals surface area contributed by atoms with Gasteiger partial charge in [0, 0.05) is 31.3 Å². The molecule has 10 nitrogen and oxygen atoms in total. The van der Waals surface area contributed by atoms with Crippen molar-refractivity contribution in [3.8, 4) is 11.4 Å². The highest BCUT2D eigenvalue weighted by Crippen LogP contribution is 2.45. The van der Waals surface area contributed by atoms with E-state index in [-0.39, 0.29) is 18.4 Å². The summed E-state index contributed by atoms with van der Waals surface area (Å²) in [6, 6.07) is 2.80. The Morgan fingerprint density at radius 2 is 1.97 bits per heavy atom. The number of aromatic nitrogens is 6. The van der Waals surface area contributed by atoms with Crippen molar-refractivity contribution in [2.45, 2.75) is 50.4 Å². The molecule has 0 radical (unpaired) electrons. The van der Waals surface area contributed by atoms with E-state index in [1.165, 1.54) is 41.6 Å². The van der Waals surface area contributed by atoms with Crippen molar-refractivity contribution in [3.63, 3.8) is 0 Å². The maximum Gasteiger partial charge on any atom is 0.255 e. The molecule has 200 valence electrons. The molecule has 38 heavy (non-hydrogen) atoms. The van der Waals surface area contributed by atoms with E-state index in [2.05, 4.69) is 30.8 Å². The Bertz CT molecular complexity index is 1490. The standard InChI is InChI=1S/C24H24ClF3N8O2/c1-23(2,38)20(26)11-31-22(37)16-9-29-18(19-10-30-21-3-13(25)7-33-36(19)21)4-17(16)34-14-8-32-35(12-14)15-5-24(27,28)6-15/h3-4,7-10,12,15,20,38H,5-6,11H2,1-2H3,(H,29,34)(H,31,37)/t20-/m1/s1. The van der Waals surface area contributed by atoms with Crippen molar-refractivity contribution >= 4 is 34.5 Å². The van der Waals surface area contributed by atoms with Crippen LogP contribution in [-0.2, 0) is 0 Å². The highest BCUT2D eigenvalue weighted by Gasteiger charge is 2.46. The molecule has 3 N–H and O–H groups in total. The third kappa shape index (κ3) is 5.29. The normalized spacial score (nSPS) is 16.3. The molecule has 0 bridgehead atoms. The van der Waals surface area contributed by atoms with Crippen LogP contribution in [0.3, 0.4) is 0 Å². The van der Waals surface area contributed by atoms with Gasteiger partial charge in [-0.05, 0) is 19.9 Å². The van der Waals surface area contributed by atoms with Crippen LogP contribution in [0.2, 0.25) is 5.02 Å². The molecule has 0 saturated heterocycles. The van der Waals surface area contributed by atoms with Crippen molar-refractivity contribution < 1.29 is 23.1 Å². The van der Waals surface area contributed by atoms with E-state index >= 15 is 0 Å². The Kier molecular flexibility index (Phi) is 6.51. The molecule has 1 aliphatic carbocycles. The Hall–Kier alpha value is -3.71. The number of carbonyl (C=O) groups is 1. The molecule has 14 heteroatoms. The fraction of sp³-hybridized carbons (Fsp3) is 0.375. The summed E-state index contributed by atoms with van der Waals surface area (Å²) in [6.07, 6.45) is 5.07. The first-order chi connectivity index (χ1) is 17.9. The minimum Gasteiger partial charge on any atom is -0.387 e. The molecule has 1 amide bonds. The van der Waals surface area contributed by atoms with Crippen molar-refractivity contribution in [1.29, 1.82) is 0 Å². The Labute approximate surface area is 219 Å². The average molecular weight is 549 g/mol. The van der Waals surface area contributed by atoms with Crippen LogP contribution in [0, 0.1) is 0 Å². The smallest absolute Gasteiger partial charge is 0.255 e. The van der Waals surface area contributed by atoms with Crippen LogP contribution in [0.1, 0.15) is 43.1 Å². The SMILES string of the molecule is CC(C)(O)[C@H](F)CNC(=O)c1cnc(-c2cnc3cc(Cl)cnn23)cc1Nc1cnn(C2CC(F)(F)C2)c1. The molecule has 5 rings (SSSR count). The van der Waals surface area contributed by atoms with Gasteiger partial charge in [-0.3, -0.25) is 14.5 Å². The second-order valence-electron chi connectivity index (χ2n) is 9.79.